The predicted octanol–water partition coefficient (Wildman–Crippen LogP) is 5.30. The number of hydrogen-bond acceptors (Lipinski definition) is 4. The summed E-state index contributed by atoms with van der Waals surface area (Å²) in [6.45, 7) is 0.406. The van der Waals surface area contributed by atoms with Crippen LogP contribution in [0.2, 0.25) is 0 Å². The molecular weight excluding hydrogens is 432 g/mol. The zero-order chi connectivity index (χ0) is 22.8. The number of thiophene rings is 1. The molecule has 0 saturated heterocycles. The minimum atomic E-state index is -0.455. The molecule has 6 heteroatoms. The van der Waals surface area contributed by atoms with Gasteiger partial charge in [0.1, 0.15) is 5.75 Å². The Balaban J connectivity index is 1.52. The van der Waals surface area contributed by atoms with Crippen LogP contribution in [0.25, 0.3) is 0 Å². The monoisotopic (exact) mass is 460 g/mol. The topological polar surface area (TPSA) is 58.6 Å². The predicted molar refractivity (Wildman–Crippen MR) is 130 cm³/mol. The van der Waals surface area contributed by atoms with Crippen LogP contribution < -0.4 is 10.1 Å². The van der Waals surface area contributed by atoms with Crippen molar-refractivity contribution in [3.8, 4) is 5.75 Å². The molecule has 1 aliphatic heterocycles. The molecule has 1 N–H and O–H groups in total. The number of fused-ring (bicyclic) bond motifs is 1. The Morgan fingerprint density at radius 2 is 1.91 bits per heavy atom. The number of ether oxygens (including phenoxy) is 1. The minimum Gasteiger partial charge on any atom is -0.497 e. The van der Waals surface area contributed by atoms with E-state index < -0.39 is 5.92 Å². The number of rotatable bonds is 6. The summed E-state index contributed by atoms with van der Waals surface area (Å²) >= 11 is 1.62. The highest BCUT2D eigenvalue weighted by Crippen LogP contribution is 2.47. The second-order valence-corrected chi connectivity index (χ2v) is 9.72. The van der Waals surface area contributed by atoms with E-state index in [2.05, 4.69) is 11.4 Å². The standard InChI is InChI=1S/C27H28N2O3S/c1-32-20-11-6-8-18(16-20)17-28-26(30)24-21-12-4-5-13-22(21)27(31)29(19-9-2-3-10-19)25(24)23-14-7-15-33-23/h4-8,11-16,19,24-25H,2-3,9-10,17H2,1H3,(H,28,30)/t24-,25+/m0/s1. The molecule has 0 unspecified atom stereocenters. The summed E-state index contributed by atoms with van der Waals surface area (Å²) in [6.07, 6.45) is 4.24. The SMILES string of the molecule is COc1cccc(CNC(=O)[C@H]2c3ccccc3C(=O)N(C3CCCC3)[C@@H]2c2cccs2)c1. The molecule has 2 aromatic carbocycles. The van der Waals surface area contributed by atoms with Crippen molar-refractivity contribution in [2.75, 3.05) is 7.11 Å². The fraction of sp³-hybridized carbons (Fsp3) is 0.333. The Labute approximate surface area is 198 Å². The van der Waals surface area contributed by atoms with Crippen molar-refractivity contribution in [2.45, 2.75) is 50.2 Å². The van der Waals surface area contributed by atoms with Gasteiger partial charge in [0.15, 0.2) is 0 Å². The van der Waals surface area contributed by atoms with Crippen LogP contribution in [0.15, 0.2) is 66.0 Å². The highest BCUT2D eigenvalue weighted by atomic mass is 32.1. The van der Waals surface area contributed by atoms with Gasteiger partial charge in [0.25, 0.3) is 5.91 Å². The Kier molecular flexibility index (Phi) is 6.18. The van der Waals surface area contributed by atoms with Crippen molar-refractivity contribution in [1.82, 2.24) is 10.2 Å². The molecule has 2 aliphatic rings. The summed E-state index contributed by atoms with van der Waals surface area (Å²) in [6, 6.07) is 19.3. The largest absolute Gasteiger partial charge is 0.497 e. The molecule has 2 atom stereocenters. The van der Waals surface area contributed by atoms with E-state index in [1.807, 2.05) is 64.9 Å². The smallest absolute Gasteiger partial charge is 0.254 e. The van der Waals surface area contributed by atoms with Crippen LogP contribution in [-0.4, -0.2) is 29.9 Å². The molecule has 5 rings (SSSR count). The zero-order valence-corrected chi connectivity index (χ0v) is 19.5. The quantitative estimate of drug-likeness (QED) is 0.543. The molecule has 1 aliphatic carbocycles. The molecule has 1 aromatic heterocycles. The first-order chi connectivity index (χ1) is 16.2. The molecule has 5 nitrogen and oxygen atoms in total. The Morgan fingerprint density at radius 3 is 2.67 bits per heavy atom. The first kappa shape index (κ1) is 21.7. The van der Waals surface area contributed by atoms with Crippen molar-refractivity contribution < 1.29 is 14.3 Å². The van der Waals surface area contributed by atoms with Crippen LogP contribution in [0.3, 0.4) is 0 Å². The lowest BCUT2D eigenvalue weighted by atomic mass is 9.80. The van der Waals surface area contributed by atoms with Gasteiger partial charge >= 0.3 is 0 Å². The lowest BCUT2D eigenvalue weighted by Crippen LogP contribution is -2.50. The van der Waals surface area contributed by atoms with Crippen molar-refractivity contribution in [2.24, 2.45) is 0 Å². The van der Waals surface area contributed by atoms with Gasteiger partial charge in [-0.25, -0.2) is 0 Å². The molecule has 2 amide bonds. The molecule has 0 radical (unpaired) electrons. The molecule has 0 bridgehead atoms. The van der Waals surface area contributed by atoms with Crippen molar-refractivity contribution >= 4 is 23.2 Å². The van der Waals surface area contributed by atoms with Gasteiger partial charge in [0.2, 0.25) is 5.91 Å². The molecular formula is C27H28N2O3S. The summed E-state index contributed by atoms with van der Waals surface area (Å²) < 4.78 is 5.32. The van der Waals surface area contributed by atoms with Crippen LogP contribution in [0.1, 0.15) is 64.0 Å². The maximum absolute atomic E-state index is 13.8. The highest BCUT2D eigenvalue weighted by molar-refractivity contribution is 7.10. The number of carbonyl (C=O) groups excluding carboxylic acids is 2. The van der Waals surface area contributed by atoms with Gasteiger partial charge in [0.05, 0.1) is 19.1 Å². The van der Waals surface area contributed by atoms with Crippen molar-refractivity contribution in [3.63, 3.8) is 0 Å². The average Bonchev–Trinajstić information content (AvgIpc) is 3.57. The van der Waals surface area contributed by atoms with Crippen LogP contribution >= 0.6 is 11.3 Å². The minimum absolute atomic E-state index is 0.0488. The van der Waals surface area contributed by atoms with E-state index in [9.17, 15) is 9.59 Å². The van der Waals surface area contributed by atoms with Gasteiger partial charge in [-0.2, -0.15) is 0 Å². The molecule has 170 valence electrons. The van der Waals surface area contributed by atoms with Gasteiger partial charge in [-0.05, 0) is 53.6 Å². The van der Waals surface area contributed by atoms with Crippen molar-refractivity contribution in [3.05, 3.63) is 87.6 Å². The third-order valence-corrected chi connectivity index (χ3v) is 7.76. The normalized spacial score (nSPS) is 20.5. The Morgan fingerprint density at radius 1 is 1.09 bits per heavy atom. The second-order valence-electron chi connectivity index (χ2n) is 8.75. The van der Waals surface area contributed by atoms with E-state index in [0.717, 1.165) is 47.4 Å². The number of carbonyl (C=O) groups is 2. The first-order valence-corrected chi connectivity index (χ1v) is 12.4. The summed E-state index contributed by atoms with van der Waals surface area (Å²) in [5.74, 6) is 0.301. The number of methoxy groups -OCH3 is 1. The van der Waals surface area contributed by atoms with Crippen molar-refractivity contribution in [1.29, 1.82) is 0 Å². The maximum Gasteiger partial charge on any atom is 0.254 e. The van der Waals surface area contributed by atoms with Gasteiger partial charge in [0, 0.05) is 23.0 Å². The van der Waals surface area contributed by atoms with Crippen LogP contribution in [0, 0.1) is 0 Å². The fourth-order valence-corrected chi connectivity index (χ4v) is 6.12. The molecule has 33 heavy (non-hydrogen) atoms. The van der Waals surface area contributed by atoms with Crippen LogP contribution in [0.5, 0.6) is 5.75 Å². The van der Waals surface area contributed by atoms with Gasteiger partial charge < -0.3 is 15.0 Å². The van der Waals surface area contributed by atoms with Crippen LogP contribution in [0.4, 0.5) is 0 Å². The number of benzene rings is 2. The summed E-state index contributed by atoms with van der Waals surface area (Å²) in [5.41, 5.74) is 2.44. The summed E-state index contributed by atoms with van der Waals surface area (Å²) in [4.78, 5) is 30.6. The maximum atomic E-state index is 13.8. The molecule has 1 saturated carbocycles. The zero-order valence-electron chi connectivity index (χ0n) is 18.7. The molecule has 1 fully saturated rings. The lowest BCUT2D eigenvalue weighted by molar-refractivity contribution is -0.124. The average molecular weight is 461 g/mol. The fourth-order valence-electron chi connectivity index (χ4n) is 5.26. The van der Waals surface area contributed by atoms with Gasteiger partial charge in [-0.15, -0.1) is 11.3 Å². The van der Waals surface area contributed by atoms with Gasteiger partial charge in [-0.3, -0.25) is 9.59 Å². The van der Waals surface area contributed by atoms with E-state index in [1.54, 1.807) is 18.4 Å². The second kappa shape index (κ2) is 9.40. The molecule has 2 heterocycles. The van der Waals surface area contributed by atoms with E-state index in [4.69, 9.17) is 4.74 Å². The third-order valence-electron chi connectivity index (χ3n) is 6.81. The number of hydrogen-bond donors (Lipinski definition) is 1. The van der Waals surface area contributed by atoms with Crippen LogP contribution in [-0.2, 0) is 11.3 Å². The molecule has 3 aromatic rings. The van der Waals surface area contributed by atoms with Gasteiger partial charge in [-0.1, -0.05) is 49.2 Å². The Bertz CT molecular complexity index is 1140. The lowest BCUT2D eigenvalue weighted by Gasteiger charge is -2.44. The summed E-state index contributed by atoms with van der Waals surface area (Å²) in [5, 5.41) is 5.18. The summed E-state index contributed by atoms with van der Waals surface area (Å²) in [7, 11) is 1.64. The van der Waals surface area contributed by atoms with E-state index in [-0.39, 0.29) is 23.9 Å². The number of nitrogens with one attached hydrogen (secondary N) is 1. The third kappa shape index (κ3) is 4.15. The van der Waals surface area contributed by atoms with E-state index in [0.29, 0.717) is 12.1 Å². The molecule has 0 spiro atoms. The number of amides is 2. The first-order valence-electron chi connectivity index (χ1n) is 11.5. The number of nitrogens with zero attached hydrogens (tertiary/aromatic N) is 1. The highest BCUT2D eigenvalue weighted by Gasteiger charge is 2.47. The Hall–Kier alpha value is -3.12. The van der Waals surface area contributed by atoms with E-state index >= 15 is 0 Å². The van der Waals surface area contributed by atoms with E-state index in [1.165, 1.54) is 0 Å².